The fourth-order valence-corrected chi connectivity index (χ4v) is 3.44. The van der Waals surface area contributed by atoms with E-state index in [2.05, 4.69) is 27.5 Å². The average Bonchev–Trinajstić information content (AvgIpc) is 3.45. The van der Waals surface area contributed by atoms with Gasteiger partial charge in [0.25, 0.3) is 0 Å². The number of pyridine rings is 1. The fraction of sp³-hybridized carbons (Fsp3) is 0.286. The Bertz CT molecular complexity index is 907. The molecule has 1 aliphatic rings. The molecule has 1 aromatic carbocycles. The summed E-state index contributed by atoms with van der Waals surface area (Å²) in [6.45, 7) is 1.95. The van der Waals surface area contributed by atoms with Crippen molar-refractivity contribution in [2.24, 2.45) is 0 Å². The van der Waals surface area contributed by atoms with Gasteiger partial charge in [0, 0.05) is 44.1 Å². The molecule has 7 heteroatoms. The minimum atomic E-state index is -0.0350. The smallest absolute Gasteiger partial charge is 0.317 e. The van der Waals surface area contributed by atoms with Crippen LogP contribution < -0.4 is 10.1 Å². The van der Waals surface area contributed by atoms with Gasteiger partial charge in [0.15, 0.2) is 5.82 Å². The number of hydrogen-bond donors (Lipinski definition) is 1. The van der Waals surface area contributed by atoms with Crippen LogP contribution in [0.2, 0.25) is 0 Å². The summed E-state index contributed by atoms with van der Waals surface area (Å²) in [7, 11) is 1.66. The summed E-state index contributed by atoms with van der Waals surface area (Å²) < 4.78 is 6.91. The third-order valence-electron chi connectivity index (χ3n) is 5.05. The van der Waals surface area contributed by atoms with Gasteiger partial charge in [-0.3, -0.25) is 0 Å². The quantitative estimate of drug-likeness (QED) is 0.742. The summed E-state index contributed by atoms with van der Waals surface area (Å²) in [6.07, 6.45) is 6.29. The number of rotatable bonds is 5. The molecule has 4 rings (SSSR count). The molecule has 0 radical (unpaired) electrons. The first-order valence-corrected chi connectivity index (χ1v) is 9.34. The average molecular weight is 377 g/mol. The highest BCUT2D eigenvalue weighted by Gasteiger charge is 2.27. The standard InChI is InChI=1S/C21H23N5O2/c1-28-19-6-4-17(5-7-19)18-9-12-25(15-18)21(27)23-14-16-3-8-20(22-13-16)26-11-2-10-24-26/h2-8,10-11,13,18H,9,12,14-15H2,1H3,(H,23,27). The lowest BCUT2D eigenvalue weighted by molar-refractivity contribution is 0.208. The number of benzene rings is 1. The lowest BCUT2D eigenvalue weighted by Crippen LogP contribution is -2.38. The second-order valence-corrected chi connectivity index (χ2v) is 6.84. The van der Waals surface area contributed by atoms with Gasteiger partial charge in [-0.05, 0) is 41.8 Å². The Balaban J connectivity index is 1.29. The summed E-state index contributed by atoms with van der Waals surface area (Å²) in [5, 5.41) is 7.15. The van der Waals surface area contributed by atoms with Crippen LogP contribution in [0.4, 0.5) is 4.79 Å². The molecule has 1 atom stereocenters. The largest absolute Gasteiger partial charge is 0.497 e. The van der Waals surface area contributed by atoms with Crippen LogP contribution in [0, 0.1) is 0 Å². The third kappa shape index (κ3) is 3.98. The van der Waals surface area contributed by atoms with Gasteiger partial charge in [-0.25, -0.2) is 14.5 Å². The SMILES string of the molecule is COc1ccc(C2CCN(C(=O)NCc3ccc(-n4cccn4)nc3)C2)cc1. The Morgan fingerprint density at radius 1 is 1.25 bits per heavy atom. The number of aromatic nitrogens is 3. The molecule has 1 fully saturated rings. The van der Waals surface area contributed by atoms with Crippen LogP contribution in [0.25, 0.3) is 5.82 Å². The van der Waals surface area contributed by atoms with E-state index in [9.17, 15) is 4.79 Å². The van der Waals surface area contributed by atoms with Crippen molar-refractivity contribution in [1.29, 1.82) is 0 Å². The molecular formula is C21H23N5O2. The summed E-state index contributed by atoms with van der Waals surface area (Å²) in [6, 6.07) is 13.8. The Morgan fingerprint density at radius 3 is 2.79 bits per heavy atom. The highest BCUT2D eigenvalue weighted by atomic mass is 16.5. The van der Waals surface area contributed by atoms with Crippen molar-refractivity contribution < 1.29 is 9.53 Å². The van der Waals surface area contributed by atoms with Gasteiger partial charge in [0.05, 0.1) is 7.11 Å². The molecule has 2 aromatic heterocycles. The minimum absolute atomic E-state index is 0.0350. The monoisotopic (exact) mass is 377 g/mol. The van der Waals surface area contributed by atoms with Crippen LogP contribution in [0.5, 0.6) is 5.75 Å². The number of methoxy groups -OCH3 is 1. The molecule has 1 aliphatic heterocycles. The number of ether oxygens (including phenoxy) is 1. The van der Waals surface area contributed by atoms with Gasteiger partial charge in [-0.15, -0.1) is 0 Å². The second kappa shape index (κ2) is 8.12. The molecule has 7 nitrogen and oxygen atoms in total. The molecule has 0 aliphatic carbocycles. The molecule has 1 saturated heterocycles. The van der Waals surface area contributed by atoms with E-state index < -0.39 is 0 Å². The van der Waals surface area contributed by atoms with Gasteiger partial charge in [0.1, 0.15) is 5.75 Å². The fourth-order valence-electron chi connectivity index (χ4n) is 3.44. The summed E-state index contributed by atoms with van der Waals surface area (Å²) in [5.41, 5.74) is 2.20. The Labute approximate surface area is 164 Å². The van der Waals surface area contributed by atoms with Gasteiger partial charge in [-0.1, -0.05) is 18.2 Å². The molecule has 144 valence electrons. The Morgan fingerprint density at radius 2 is 2.11 bits per heavy atom. The van der Waals surface area contributed by atoms with Gasteiger partial charge in [0.2, 0.25) is 0 Å². The van der Waals surface area contributed by atoms with Crippen molar-refractivity contribution >= 4 is 6.03 Å². The number of urea groups is 1. The maximum atomic E-state index is 12.5. The van der Waals surface area contributed by atoms with Crippen molar-refractivity contribution in [3.63, 3.8) is 0 Å². The second-order valence-electron chi connectivity index (χ2n) is 6.84. The van der Waals surface area contributed by atoms with E-state index in [0.717, 1.165) is 36.6 Å². The number of nitrogens with one attached hydrogen (secondary N) is 1. The van der Waals surface area contributed by atoms with E-state index in [1.165, 1.54) is 5.56 Å². The predicted molar refractivity (Wildman–Crippen MR) is 106 cm³/mol. The first-order chi connectivity index (χ1) is 13.7. The lowest BCUT2D eigenvalue weighted by Gasteiger charge is -2.18. The zero-order valence-electron chi connectivity index (χ0n) is 15.8. The molecule has 28 heavy (non-hydrogen) atoms. The Hall–Kier alpha value is -3.35. The summed E-state index contributed by atoms with van der Waals surface area (Å²) >= 11 is 0. The van der Waals surface area contributed by atoms with Crippen molar-refractivity contribution in [2.45, 2.75) is 18.9 Å². The number of carbonyl (C=O) groups is 1. The molecule has 0 spiro atoms. The topological polar surface area (TPSA) is 72.3 Å². The van der Waals surface area contributed by atoms with E-state index in [-0.39, 0.29) is 6.03 Å². The Kier molecular flexibility index (Phi) is 5.23. The van der Waals surface area contributed by atoms with Gasteiger partial charge >= 0.3 is 6.03 Å². The molecule has 3 aromatic rings. The van der Waals surface area contributed by atoms with E-state index >= 15 is 0 Å². The summed E-state index contributed by atoms with van der Waals surface area (Å²) in [4.78, 5) is 18.8. The highest BCUT2D eigenvalue weighted by molar-refractivity contribution is 5.74. The van der Waals surface area contributed by atoms with Crippen molar-refractivity contribution in [1.82, 2.24) is 25.0 Å². The molecular weight excluding hydrogens is 354 g/mol. The van der Waals surface area contributed by atoms with E-state index in [1.54, 1.807) is 24.2 Å². The lowest BCUT2D eigenvalue weighted by atomic mass is 9.98. The van der Waals surface area contributed by atoms with Crippen molar-refractivity contribution in [2.75, 3.05) is 20.2 Å². The van der Waals surface area contributed by atoms with Crippen molar-refractivity contribution in [3.8, 4) is 11.6 Å². The van der Waals surface area contributed by atoms with E-state index in [1.807, 2.05) is 41.4 Å². The van der Waals surface area contributed by atoms with Crippen LogP contribution in [0.3, 0.4) is 0 Å². The number of likely N-dealkylation sites (tertiary alicyclic amines) is 1. The van der Waals surface area contributed by atoms with Crippen LogP contribution in [0.15, 0.2) is 61.1 Å². The first-order valence-electron chi connectivity index (χ1n) is 9.34. The summed E-state index contributed by atoms with van der Waals surface area (Å²) in [5.74, 6) is 1.97. The van der Waals surface area contributed by atoms with Gasteiger partial charge < -0.3 is 15.0 Å². The maximum absolute atomic E-state index is 12.5. The predicted octanol–water partition coefficient (Wildman–Crippen LogP) is 2.98. The molecule has 2 amide bonds. The third-order valence-corrected chi connectivity index (χ3v) is 5.05. The number of carbonyl (C=O) groups excluding carboxylic acids is 1. The van der Waals surface area contributed by atoms with Crippen LogP contribution in [0.1, 0.15) is 23.5 Å². The molecule has 1 N–H and O–H groups in total. The number of amides is 2. The van der Waals surface area contributed by atoms with E-state index in [0.29, 0.717) is 12.5 Å². The zero-order chi connectivity index (χ0) is 19.3. The van der Waals surface area contributed by atoms with Crippen molar-refractivity contribution in [3.05, 3.63) is 72.2 Å². The molecule has 0 saturated carbocycles. The van der Waals surface area contributed by atoms with Crippen LogP contribution in [-0.4, -0.2) is 45.9 Å². The normalized spacial score (nSPS) is 16.2. The zero-order valence-corrected chi connectivity index (χ0v) is 15.8. The first kappa shape index (κ1) is 18.0. The van der Waals surface area contributed by atoms with E-state index in [4.69, 9.17) is 4.74 Å². The minimum Gasteiger partial charge on any atom is -0.497 e. The molecule has 3 heterocycles. The molecule has 0 bridgehead atoms. The number of nitrogens with zero attached hydrogens (tertiary/aromatic N) is 4. The van der Waals surface area contributed by atoms with Crippen LogP contribution >= 0.6 is 0 Å². The van der Waals surface area contributed by atoms with Gasteiger partial charge in [-0.2, -0.15) is 5.10 Å². The maximum Gasteiger partial charge on any atom is 0.317 e. The van der Waals surface area contributed by atoms with Crippen LogP contribution in [-0.2, 0) is 6.54 Å². The highest BCUT2D eigenvalue weighted by Crippen LogP contribution is 2.28. The number of hydrogen-bond acceptors (Lipinski definition) is 4. The molecule has 1 unspecified atom stereocenters.